The van der Waals surface area contributed by atoms with Crippen molar-refractivity contribution in [3.05, 3.63) is 137 Å². The van der Waals surface area contributed by atoms with Crippen LogP contribution in [0.3, 0.4) is 0 Å². The van der Waals surface area contributed by atoms with Crippen molar-refractivity contribution in [1.29, 1.82) is 0 Å². The van der Waals surface area contributed by atoms with Gasteiger partial charge in [0.2, 0.25) is 0 Å². The molecular formula is C40H47BO2. The van der Waals surface area contributed by atoms with Gasteiger partial charge in [0.25, 0.3) is 0 Å². The Morgan fingerprint density at radius 1 is 0.465 bits per heavy atom. The fourth-order valence-electron chi connectivity index (χ4n) is 5.58. The molecule has 4 aromatic carbocycles. The molecule has 0 amide bonds. The van der Waals surface area contributed by atoms with Crippen molar-refractivity contribution in [2.24, 2.45) is 0 Å². The first-order valence-corrected chi connectivity index (χ1v) is 15.5. The molecule has 0 spiro atoms. The van der Waals surface area contributed by atoms with Gasteiger partial charge in [-0.25, -0.2) is 0 Å². The van der Waals surface area contributed by atoms with Crippen molar-refractivity contribution in [3.8, 4) is 0 Å². The van der Waals surface area contributed by atoms with E-state index in [1.165, 1.54) is 39.0 Å². The van der Waals surface area contributed by atoms with Gasteiger partial charge in [-0.2, -0.15) is 0 Å². The SMILES string of the molecule is CC(C)(C)c1ccc(C(=C(c2ccccc2)c2ccc(B3OC(C)(C)C(C)(C)O3)cc2)c2ccc(C(C)(C)C)cc2)cc1. The zero-order valence-corrected chi connectivity index (χ0v) is 27.7. The molecule has 0 aromatic heterocycles. The van der Waals surface area contributed by atoms with Crippen LogP contribution in [0.4, 0.5) is 0 Å². The van der Waals surface area contributed by atoms with Crippen molar-refractivity contribution < 1.29 is 9.31 Å². The normalized spacial score (nSPS) is 16.3. The van der Waals surface area contributed by atoms with E-state index in [0.717, 1.165) is 11.0 Å². The maximum Gasteiger partial charge on any atom is 0.494 e. The second-order valence-corrected chi connectivity index (χ2v) is 15.0. The average Bonchev–Trinajstić information content (AvgIpc) is 3.18. The number of benzene rings is 4. The number of hydrogen-bond donors (Lipinski definition) is 0. The molecule has 1 fully saturated rings. The van der Waals surface area contributed by atoms with Crippen LogP contribution < -0.4 is 5.46 Å². The van der Waals surface area contributed by atoms with Crippen molar-refractivity contribution in [3.63, 3.8) is 0 Å². The first-order chi connectivity index (χ1) is 20.1. The molecule has 0 atom stereocenters. The predicted molar refractivity (Wildman–Crippen MR) is 184 cm³/mol. The molecule has 4 aromatic rings. The maximum absolute atomic E-state index is 6.36. The lowest BCUT2D eigenvalue weighted by atomic mass is 9.77. The van der Waals surface area contributed by atoms with Crippen LogP contribution in [0.1, 0.15) is 103 Å². The highest BCUT2D eigenvalue weighted by Crippen LogP contribution is 2.39. The van der Waals surface area contributed by atoms with Gasteiger partial charge in [-0.05, 0) is 88.5 Å². The molecule has 1 aliphatic rings. The van der Waals surface area contributed by atoms with Crippen molar-refractivity contribution >= 4 is 23.7 Å². The molecule has 0 saturated carbocycles. The standard InChI is InChI=1S/C40H47BO2/c1-37(2,3)32-22-16-29(17-23-32)36(30-18-24-33(25-19-30)38(4,5)6)35(28-14-12-11-13-15-28)31-20-26-34(27-21-31)41-42-39(7,8)40(9,10)43-41/h11-27H,1-10H3. The van der Waals surface area contributed by atoms with E-state index in [0.29, 0.717) is 0 Å². The Balaban J connectivity index is 1.70. The smallest absolute Gasteiger partial charge is 0.399 e. The lowest BCUT2D eigenvalue weighted by molar-refractivity contribution is 0.00578. The molecule has 1 saturated heterocycles. The topological polar surface area (TPSA) is 18.5 Å². The van der Waals surface area contributed by atoms with Gasteiger partial charge in [0.05, 0.1) is 11.2 Å². The van der Waals surface area contributed by atoms with Gasteiger partial charge >= 0.3 is 7.12 Å². The Morgan fingerprint density at radius 2 is 0.791 bits per heavy atom. The zero-order valence-electron chi connectivity index (χ0n) is 27.7. The average molecular weight is 571 g/mol. The highest BCUT2D eigenvalue weighted by atomic mass is 16.7. The molecule has 0 aliphatic carbocycles. The summed E-state index contributed by atoms with van der Waals surface area (Å²) >= 11 is 0. The lowest BCUT2D eigenvalue weighted by Crippen LogP contribution is -2.41. The molecular weight excluding hydrogens is 523 g/mol. The summed E-state index contributed by atoms with van der Waals surface area (Å²) in [6.07, 6.45) is 0. The van der Waals surface area contributed by atoms with E-state index in [2.05, 4.69) is 172 Å². The summed E-state index contributed by atoms with van der Waals surface area (Å²) in [7, 11) is -0.391. The fourth-order valence-corrected chi connectivity index (χ4v) is 5.58. The molecule has 3 heteroatoms. The fraction of sp³-hybridized carbons (Fsp3) is 0.350. The van der Waals surface area contributed by atoms with E-state index >= 15 is 0 Å². The summed E-state index contributed by atoms with van der Waals surface area (Å²) in [5.41, 5.74) is 10.2. The summed E-state index contributed by atoms with van der Waals surface area (Å²) in [6.45, 7) is 22.0. The minimum atomic E-state index is -0.391. The minimum absolute atomic E-state index is 0.0857. The van der Waals surface area contributed by atoms with E-state index in [-0.39, 0.29) is 22.0 Å². The van der Waals surface area contributed by atoms with E-state index in [9.17, 15) is 0 Å². The minimum Gasteiger partial charge on any atom is -0.399 e. The molecule has 0 unspecified atom stereocenters. The molecule has 5 rings (SSSR count). The molecule has 2 nitrogen and oxygen atoms in total. The molecule has 0 bridgehead atoms. The first-order valence-electron chi connectivity index (χ1n) is 15.5. The van der Waals surface area contributed by atoms with Crippen LogP contribution in [-0.2, 0) is 20.1 Å². The van der Waals surface area contributed by atoms with Gasteiger partial charge in [0, 0.05) is 0 Å². The van der Waals surface area contributed by atoms with Crippen LogP contribution in [0.25, 0.3) is 11.1 Å². The largest absolute Gasteiger partial charge is 0.494 e. The third-order valence-electron chi connectivity index (χ3n) is 9.12. The summed E-state index contributed by atoms with van der Waals surface area (Å²) < 4.78 is 12.7. The second kappa shape index (κ2) is 11.3. The Hall–Kier alpha value is -3.40. The van der Waals surface area contributed by atoms with Crippen LogP contribution >= 0.6 is 0 Å². The highest BCUT2D eigenvalue weighted by molar-refractivity contribution is 6.62. The highest BCUT2D eigenvalue weighted by Gasteiger charge is 2.51. The lowest BCUT2D eigenvalue weighted by Gasteiger charge is -2.32. The van der Waals surface area contributed by atoms with Gasteiger partial charge in [-0.3, -0.25) is 0 Å². The van der Waals surface area contributed by atoms with Gasteiger partial charge in [0.15, 0.2) is 0 Å². The Morgan fingerprint density at radius 3 is 1.14 bits per heavy atom. The summed E-state index contributed by atoms with van der Waals surface area (Å²) in [5.74, 6) is 0. The van der Waals surface area contributed by atoms with Gasteiger partial charge < -0.3 is 9.31 Å². The predicted octanol–water partition coefficient (Wildman–Crippen LogP) is 9.59. The molecule has 1 aliphatic heterocycles. The van der Waals surface area contributed by atoms with E-state index in [1.807, 2.05) is 0 Å². The molecule has 1 heterocycles. The number of rotatable bonds is 5. The van der Waals surface area contributed by atoms with E-state index < -0.39 is 7.12 Å². The van der Waals surface area contributed by atoms with Gasteiger partial charge in [-0.1, -0.05) is 145 Å². The third kappa shape index (κ3) is 6.44. The van der Waals surface area contributed by atoms with Crippen molar-refractivity contribution in [2.75, 3.05) is 0 Å². The summed E-state index contributed by atoms with van der Waals surface area (Å²) in [5, 5.41) is 0. The molecule has 0 N–H and O–H groups in total. The van der Waals surface area contributed by atoms with Crippen LogP contribution in [0.2, 0.25) is 0 Å². The van der Waals surface area contributed by atoms with Gasteiger partial charge in [-0.15, -0.1) is 0 Å². The van der Waals surface area contributed by atoms with Crippen LogP contribution in [0.15, 0.2) is 103 Å². The summed E-state index contributed by atoms with van der Waals surface area (Å²) in [6, 6.07) is 37.8. The van der Waals surface area contributed by atoms with E-state index in [4.69, 9.17) is 9.31 Å². The third-order valence-corrected chi connectivity index (χ3v) is 9.12. The Kier molecular flexibility index (Phi) is 8.13. The quantitative estimate of drug-likeness (QED) is 0.176. The van der Waals surface area contributed by atoms with Crippen LogP contribution in [0, 0.1) is 0 Å². The summed E-state index contributed by atoms with van der Waals surface area (Å²) in [4.78, 5) is 0. The second-order valence-electron chi connectivity index (χ2n) is 15.0. The Labute approximate surface area is 260 Å². The van der Waals surface area contributed by atoms with E-state index in [1.54, 1.807) is 0 Å². The van der Waals surface area contributed by atoms with Gasteiger partial charge in [0.1, 0.15) is 0 Å². The zero-order chi connectivity index (χ0) is 31.2. The van der Waals surface area contributed by atoms with Crippen molar-refractivity contribution in [2.45, 2.75) is 91.3 Å². The monoisotopic (exact) mass is 570 g/mol. The maximum atomic E-state index is 6.36. The molecule has 43 heavy (non-hydrogen) atoms. The number of hydrogen-bond acceptors (Lipinski definition) is 2. The van der Waals surface area contributed by atoms with Crippen LogP contribution in [-0.4, -0.2) is 18.3 Å². The molecule has 222 valence electrons. The first kappa shape index (κ1) is 31.0. The Bertz CT molecular complexity index is 1500. The van der Waals surface area contributed by atoms with Crippen molar-refractivity contribution in [1.82, 2.24) is 0 Å². The molecule has 0 radical (unpaired) electrons. The van der Waals surface area contributed by atoms with Crippen LogP contribution in [0.5, 0.6) is 0 Å².